The van der Waals surface area contributed by atoms with Crippen LogP contribution >= 0.6 is 0 Å². The van der Waals surface area contributed by atoms with E-state index in [1.807, 2.05) is 55.2 Å². The number of benzene rings is 13. The standard InChI is InChI=1S/C33H34FN2.C33H31N2.C29H30FN2.C27H26FN2.4Ir/c34-29-18-16-27(17-19-29)33-35-20-21-36(33)32-30(25-12-6-2-7-13-25)22-28(24-10-4-1-5-11-24)23-31(32)26-14-8-3-9-15-26;1-23(2)30-21-29(28-17-11-16-27(20-28)25-12-7-5-8-13-25)22-31(24(3)4)32(30)35-19-18-34-33(35)26-14-9-6-10-15-26;1-20(2)16-25-18-24(22-8-6-5-7-9-22)19-26(17-21(3)4)28(25)32-15-14-31-29(32)23-10-12-27(30)13-11-23;1-18(2)24-16-22(20-8-6-5-7-9-20)17-25(19(3)4)26(24)30-15-14-29-27(30)21-10-12-23(28)13-11-21;;;;/h1,4-5,10-11,16,18-23,25-26H,2-3,6-9,12-15H2;5-14,16-24H,1-4H3;5-10,12-15,18-21H,16-17H2,1-4H3;5-10,12-19H,1-4H3;;;;/q4*-1;;;;. The summed E-state index contributed by atoms with van der Waals surface area (Å²) < 4.78 is 49.5. The summed E-state index contributed by atoms with van der Waals surface area (Å²) in [5.41, 5.74) is 31.5. The van der Waals surface area contributed by atoms with Gasteiger partial charge >= 0.3 is 0 Å². The molecule has 0 unspecified atom stereocenters. The Morgan fingerprint density at radius 3 is 0.876 bits per heavy atom. The summed E-state index contributed by atoms with van der Waals surface area (Å²) in [6, 6.07) is 105. The summed E-state index contributed by atoms with van der Waals surface area (Å²) >= 11 is 0. The predicted octanol–water partition coefficient (Wildman–Crippen LogP) is 33.1. The van der Waals surface area contributed by atoms with Crippen LogP contribution in [0.4, 0.5) is 13.2 Å². The molecule has 2 aliphatic rings. The number of rotatable bonds is 23. The molecule has 4 radical (unpaired) electrons. The Bertz CT molecular complexity index is 6540. The van der Waals surface area contributed by atoms with Crippen molar-refractivity contribution in [1.29, 1.82) is 0 Å². The quantitative estimate of drug-likeness (QED) is 0.0598. The summed E-state index contributed by atoms with van der Waals surface area (Å²) in [6.07, 6.45) is 30.3. The van der Waals surface area contributed by atoms with Crippen molar-refractivity contribution < 1.29 is 93.6 Å². The van der Waals surface area contributed by atoms with Gasteiger partial charge in [-0.1, -0.05) is 261 Å². The molecule has 137 heavy (non-hydrogen) atoms. The van der Waals surface area contributed by atoms with Gasteiger partial charge in [-0.2, -0.15) is 0 Å². The number of aromatic nitrogens is 8. The second-order valence-electron chi connectivity index (χ2n) is 37.7. The van der Waals surface area contributed by atoms with Crippen LogP contribution in [-0.4, -0.2) is 38.2 Å². The summed E-state index contributed by atoms with van der Waals surface area (Å²) in [4.78, 5) is 18.7. The normalized spacial score (nSPS) is 12.6. The van der Waals surface area contributed by atoms with E-state index in [1.54, 1.807) is 24.4 Å². The fourth-order valence-corrected chi connectivity index (χ4v) is 19.3. The minimum atomic E-state index is -0.296. The van der Waals surface area contributed by atoms with Crippen LogP contribution < -0.4 is 0 Å². The van der Waals surface area contributed by atoms with E-state index in [9.17, 15) is 13.2 Å². The Morgan fingerprint density at radius 2 is 0.562 bits per heavy atom. The average molecular weight is 2530 g/mol. The van der Waals surface area contributed by atoms with Gasteiger partial charge in [0.15, 0.2) is 0 Å². The minimum absolute atomic E-state index is 0. The molecule has 4 heterocycles. The first kappa shape index (κ1) is 105. The van der Waals surface area contributed by atoms with E-state index in [4.69, 9.17) is 9.97 Å². The molecule has 0 saturated heterocycles. The molecule has 710 valence electrons. The van der Waals surface area contributed by atoms with Gasteiger partial charge in [0.1, 0.15) is 0 Å². The molecule has 0 spiro atoms. The molecular formula is C122H121F3Ir4N8-4. The van der Waals surface area contributed by atoms with Gasteiger partial charge in [-0.15, -0.1) is 125 Å². The zero-order valence-corrected chi connectivity index (χ0v) is 89.8. The molecule has 19 rings (SSSR count). The van der Waals surface area contributed by atoms with E-state index < -0.39 is 0 Å². The van der Waals surface area contributed by atoms with Crippen LogP contribution in [-0.2, 0) is 93.3 Å². The van der Waals surface area contributed by atoms with E-state index in [0.717, 1.165) is 64.1 Å². The third-order valence-electron chi connectivity index (χ3n) is 25.8. The maximum absolute atomic E-state index is 13.7. The first-order valence-corrected chi connectivity index (χ1v) is 47.8. The Kier molecular flexibility index (Phi) is 38.0. The predicted molar refractivity (Wildman–Crippen MR) is 543 cm³/mol. The van der Waals surface area contributed by atoms with Crippen molar-refractivity contribution in [1.82, 2.24) is 38.2 Å². The number of hydrogen-bond donors (Lipinski definition) is 0. The van der Waals surface area contributed by atoms with E-state index in [1.165, 1.54) is 218 Å². The molecule has 17 aromatic rings. The fraction of sp³-hybridized carbons (Fsp3) is 0.262. The molecule has 2 aliphatic carbocycles. The van der Waals surface area contributed by atoms with Gasteiger partial charge < -0.3 is 18.3 Å². The van der Waals surface area contributed by atoms with Crippen LogP contribution in [0.2, 0.25) is 0 Å². The molecule has 2 saturated carbocycles. The summed E-state index contributed by atoms with van der Waals surface area (Å²) in [5.74, 6) is 5.95. The van der Waals surface area contributed by atoms with E-state index in [0.29, 0.717) is 47.3 Å². The number of halogens is 3. The molecule has 15 heteroatoms. The summed E-state index contributed by atoms with van der Waals surface area (Å²) in [7, 11) is 0. The monoisotopic (exact) mass is 2530 g/mol. The van der Waals surface area contributed by atoms with Gasteiger partial charge in [0.05, 0.1) is 23.3 Å². The van der Waals surface area contributed by atoms with Crippen LogP contribution in [0.15, 0.2) is 323 Å². The van der Waals surface area contributed by atoms with Crippen molar-refractivity contribution in [2.75, 3.05) is 0 Å². The van der Waals surface area contributed by atoms with Crippen molar-refractivity contribution in [3.63, 3.8) is 0 Å². The molecule has 4 aromatic heterocycles. The number of hydrogen-bond acceptors (Lipinski definition) is 4. The Morgan fingerprint density at radius 1 is 0.277 bits per heavy atom. The Hall–Kier alpha value is -10.9. The zero-order chi connectivity index (χ0) is 92.6. The van der Waals surface area contributed by atoms with Crippen LogP contribution in [0, 0.1) is 53.6 Å². The van der Waals surface area contributed by atoms with Gasteiger partial charge in [-0.25, -0.2) is 0 Å². The van der Waals surface area contributed by atoms with Crippen LogP contribution in [0.25, 0.3) is 124 Å². The number of nitrogens with zero attached hydrogens (tertiary/aromatic N) is 8. The van der Waals surface area contributed by atoms with E-state index in [2.05, 4.69) is 342 Å². The van der Waals surface area contributed by atoms with Crippen molar-refractivity contribution >= 4 is 0 Å². The second-order valence-corrected chi connectivity index (χ2v) is 37.7. The number of imidazole rings is 4. The Labute approximate surface area is 864 Å². The molecule has 0 N–H and O–H groups in total. The van der Waals surface area contributed by atoms with Gasteiger partial charge in [-0.3, -0.25) is 33.1 Å². The zero-order valence-electron chi connectivity index (χ0n) is 80.2. The smallest absolute Gasteiger partial charge is 0.0602 e. The van der Waals surface area contributed by atoms with E-state index in [-0.39, 0.29) is 97.9 Å². The molecule has 0 bridgehead atoms. The van der Waals surface area contributed by atoms with Gasteiger partial charge in [0, 0.05) is 170 Å². The van der Waals surface area contributed by atoms with Crippen LogP contribution in [0.5, 0.6) is 0 Å². The molecule has 8 nitrogen and oxygen atoms in total. The summed E-state index contributed by atoms with van der Waals surface area (Å²) in [5, 5.41) is 0. The largest absolute Gasteiger partial charge is 0.340 e. The third kappa shape index (κ3) is 25.4. The molecule has 13 aromatic carbocycles. The van der Waals surface area contributed by atoms with E-state index >= 15 is 0 Å². The van der Waals surface area contributed by atoms with Crippen molar-refractivity contribution in [3.8, 4) is 124 Å². The fourth-order valence-electron chi connectivity index (χ4n) is 19.3. The third-order valence-corrected chi connectivity index (χ3v) is 25.8. The topological polar surface area (TPSA) is 71.3 Å². The minimum Gasteiger partial charge on any atom is -0.340 e. The maximum atomic E-state index is 13.7. The molecule has 0 atom stereocenters. The molecule has 0 amide bonds. The Balaban J connectivity index is 0.000000163. The van der Waals surface area contributed by atoms with Gasteiger partial charge in [-0.05, 0) is 241 Å². The molecule has 0 aliphatic heterocycles. The summed E-state index contributed by atoms with van der Waals surface area (Å²) in [6.45, 7) is 27.0. The first-order chi connectivity index (χ1) is 64.7. The van der Waals surface area contributed by atoms with Gasteiger partial charge in [0.2, 0.25) is 0 Å². The van der Waals surface area contributed by atoms with Crippen molar-refractivity contribution in [2.24, 2.45) is 11.8 Å². The molecule has 2 fully saturated rings. The maximum Gasteiger partial charge on any atom is 0.0602 e. The van der Waals surface area contributed by atoms with Crippen molar-refractivity contribution in [3.05, 3.63) is 409 Å². The SMILES string of the molecule is CC(C)Cc1cc(-c2ccccc2)cc(CC(C)C)c1-n1ccnc1-c1[c-]cc(F)cc1.CC(C)c1cc(-c2cccc(-c3ccccc3)c2)cc(C(C)C)c1-n1ccnc1-c1[c-]cccc1.CC(C)c1cc(-c2ccccc2)cc(C(C)C)c1-n1ccnc1-c1[c-]cc(F)cc1.Fc1c[c-]c(-c2nccn2-c2c(C3CCCCC3)cc(-c3ccccc3)cc2C2CCCCC2)cc1.[Ir].[Ir].[Ir].[Ir]. The van der Waals surface area contributed by atoms with Gasteiger partial charge in [0.25, 0.3) is 0 Å². The van der Waals surface area contributed by atoms with Crippen LogP contribution in [0.3, 0.4) is 0 Å². The van der Waals surface area contributed by atoms with Crippen LogP contribution in [0.1, 0.15) is 227 Å². The first-order valence-electron chi connectivity index (χ1n) is 47.8. The van der Waals surface area contributed by atoms with Crippen molar-refractivity contribution in [2.45, 2.75) is 196 Å². The average Bonchev–Trinajstić information content (AvgIpc) is 1.59. The molecular weight excluding hydrogens is 2400 g/mol. The second kappa shape index (κ2) is 49.6.